The van der Waals surface area contributed by atoms with E-state index in [2.05, 4.69) is 10.5 Å². The van der Waals surface area contributed by atoms with Crippen LogP contribution in [-0.2, 0) is 17.6 Å². The van der Waals surface area contributed by atoms with Gasteiger partial charge in [0.15, 0.2) is 0 Å². The molecular weight excluding hydrogens is 360 g/mol. The van der Waals surface area contributed by atoms with Crippen LogP contribution >= 0.6 is 11.6 Å². The summed E-state index contributed by atoms with van der Waals surface area (Å²) >= 11 is 6.21. The zero-order valence-electron chi connectivity index (χ0n) is 14.6. The molecule has 0 unspecified atom stereocenters. The van der Waals surface area contributed by atoms with E-state index in [1.807, 2.05) is 66.7 Å². The van der Waals surface area contributed by atoms with Crippen molar-refractivity contribution < 1.29 is 9.90 Å². The zero-order chi connectivity index (χ0) is 19.1. The Morgan fingerprint density at radius 2 is 1.74 bits per heavy atom. The van der Waals surface area contributed by atoms with Crippen molar-refractivity contribution >= 4 is 23.7 Å². The van der Waals surface area contributed by atoms with Crippen LogP contribution < -0.4 is 5.43 Å². The summed E-state index contributed by atoms with van der Waals surface area (Å²) in [5.41, 5.74) is 5.91. The maximum absolute atomic E-state index is 11.9. The number of aromatic hydroxyl groups is 1. The van der Waals surface area contributed by atoms with Crippen LogP contribution in [0.1, 0.15) is 22.3 Å². The molecular formula is C22H19ClN2O2. The lowest BCUT2D eigenvalue weighted by Crippen LogP contribution is -2.19. The number of phenolic OH excluding ortho intramolecular Hbond substituents is 1. The van der Waals surface area contributed by atoms with E-state index < -0.39 is 0 Å². The average Bonchev–Trinajstić information content (AvgIpc) is 2.67. The van der Waals surface area contributed by atoms with Gasteiger partial charge in [-0.1, -0.05) is 66.2 Å². The third-order valence-electron chi connectivity index (χ3n) is 4.04. The van der Waals surface area contributed by atoms with Crippen LogP contribution in [0.5, 0.6) is 5.75 Å². The van der Waals surface area contributed by atoms with Crippen molar-refractivity contribution in [2.24, 2.45) is 5.10 Å². The lowest BCUT2D eigenvalue weighted by atomic mass is 10.0. The quantitative estimate of drug-likeness (QED) is 0.495. The van der Waals surface area contributed by atoms with Gasteiger partial charge in [-0.15, -0.1) is 0 Å². The molecule has 3 rings (SSSR count). The predicted molar refractivity (Wildman–Crippen MR) is 108 cm³/mol. The monoisotopic (exact) mass is 378 g/mol. The summed E-state index contributed by atoms with van der Waals surface area (Å²) in [6.07, 6.45) is 2.33. The highest BCUT2D eigenvalue weighted by molar-refractivity contribution is 6.31. The van der Waals surface area contributed by atoms with Gasteiger partial charge < -0.3 is 5.11 Å². The van der Waals surface area contributed by atoms with Crippen molar-refractivity contribution in [2.45, 2.75) is 12.8 Å². The van der Waals surface area contributed by atoms with E-state index in [1.54, 1.807) is 6.07 Å². The van der Waals surface area contributed by atoms with Gasteiger partial charge in [0.1, 0.15) is 5.75 Å². The van der Waals surface area contributed by atoms with Gasteiger partial charge in [0, 0.05) is 10.6 Å². The van der Waals surface area contributed by atoms with E-state index in [0.29, 0.717) is 17.0 Å². The fraction of sp³-hybridized carbons (Fsp3) is 0.0909. The first-order valence-corrected chi connectivity index (χ1v) is 8.91. The second-order valence-electron chi connectivity index (χ2n) is 6.12. The van der Waals surface area contributed by atoms with Crippen LogP contribution in [-0.4, -0.2) is 17.2 Å². The molecule has 27 heavy (non-hydrogen) atoms. The number of halogens is 1. The first kappa shape index (κ1) is 18.7. The van der Waals surface area contributed by atoms with E-state index in [9.17, 15) is 9.90 Å². The Morgan fingerprint density at radius 1 is 1.00 bits per heavy atom. The lowest BCUT2D eigenvalue weighted by Gasteiger charge is -2.07. The molecule has 0 heterocycles. The van der Waals surface area contributed by atoms with Crippen molar-refractivity contribution in [1.29, 1.82) is 0 Å². The molecule has 2 N–H and O–H groups in total. The molecule has 136 valence electrons. The van der Waals surface area contributed by atoms with E-state index >= 15 is 0 Å². The molecule has 5 heteroatoms. The number of nitrogens with zero attached hydrogens (tertiary/aromatic N) is 1. The number of hydrazone groups is 1. The van der Waals surface area contributed by atoms with Gasteiger partial charge in [0.25, 0.3) is 0 Å². The van der Waals surface area contributed by atoms with Crippen LogP contribution in [0.3, 0.4) is 0 Å². The molecule has 0 radical (unpaired) electrons. The van der Waals surface area contributed by atoms with Crippen LogP contribution in [0.15, 0.2) is 77.9 Å². The smallest absolute Gasteiger partial charge is 0.244 e. The Morgan fingerprint density at radius 3 is 2.52 bits per heavy atom. The van der Waals surface area contributed by atoms with Crippen molar-refractivity contribution in [3.8, 4) is 5.75 Å². The maximum Gasteiger partial charge on any atom is 0.244 e. The first-order chi connectivity index (χ1) is 13.1. The zero-order valence-corrected chi connectivity index (χ0v) is 15.4. The van der Waals surface area contributed by atoms with E-state index in [1.165, 1.54) is 6.21 Å². The SMILES string of the molecule is O=C(Cc1ccccc1)N/N=C\c1cc(Cc2ccccc2Cl)ccc1O. The minimum Gasteiger partial charge on any atom is -0.507 e. The Labute approximate surface area is 163 Å². The summed E-state index contributed by atoms with van der Waals surface area (Å²) in [6, 6.07) is 22.3. The Hall–Kier alpha value is -3.11. The Balaban J connectivity index is 1.65. The van der Waals surface area contributed by atoms with Gasteiger partial charge in [-0.05, 0) is 41.3 Å². The summed E-state index contributed by atoms with van der Waals surface area (Å²) in [4.78, 5) is 11.9. The molecule has 0 aliphatic heterocycles. The molecule has 0 aliphatic carbocycles. The summed E-state index contributed by atoms with van der Waals surface area (Å²) in [5.74, 6) is -0.122. The van der Waals surface area contributed by atoms with Crippen molar-refractivity contribution in [3.63, 3.8) is 0 Å². The van der Waals surface area contributed by atoms with Crippen LogP contribution in [0.25, 0.3) is 0 Å². The molecule has 3 aromatic carbocycles. The molecule has 4 nitrogen and oxygen atoms in total. The van der Waals surface area contributed by atoms with E-state index in [-0.39, 0.29) is 18.1 Å². The molecule has 1 amide bonds. The third kappa shape index (κ3) is 5.43. The summed E-state index contributed by atoms with van der Waals surface area (Å²) < 4.78 is 0. The minimum absolute atomic E-state index is 0.0963. The highest BCUT2D eigenvalue weighted by Crippen LogP contribution is 2.22. The van der Waals surface area contributed by atoms with Crippen molar-refractivity contribution in [3.05, 3.63) is 100 Å². The normalized spacial score (nSPS) is 10.9. The summed E-state index contributed by atoms with van der Waals surface area (Å²) in [7, 11) is 0. The number of carbonyl (C=O) groups excluding carboxylic acids is 1. The molecule has 0 fully saturated rings. The second kappa shape index (κ2) is 9.01. The number of rotatable bonds is 6. The minimum atomic E-state index is -0.218. The van der Waals surface area contributed by atoms with Gasteiger partial charge in [-0.25, -0.2) is 5.43 Å². The largest absolute Gasteiger partial charge is 0.507 e. The highest BCUT2D eigenvalue weighted by Gasteiger charge is 2.05. The van der Waals surface area contributed by atoms with Crippen LogP contribution in [0, 0.1) is 0 Å². The van der Waals surface area contributed by atoms with Gasteiger partial charge in [0.2, 0.25) is 5.91 Å². The second-order valence-corrected chi connectivity index (χ2v) is 6.52. The number of carbonyl (C=O) groups is 1. The Kier molecular flexibility index (Phi) is 6.23. The maximum atomic E-state index is 11.9. The molecule has 0 aliphatic rings. The molecule has 0 atom stereocenters. The topological polar surface area (TPSA) is 61.7 Å². The number of amides is 1. The summed E-state index contributed by atoms with van der Waals surface area (Å²) in [6.45, 7) is 0. The van der Waals surface area contributed by atoms with E-state index in [0.717, 1.165) is 16.7 Å². The summed E-state index contributed by atoms with van der Waals surface area (Å²) in [5, 5.41) is 14.7. The molecule has 0 saturated carbocycles. The van der Waals surface area contributed by atoms with Crippen molar-refractivity contribution in [2.75, 3.05) is 0 Å². The molecule has 0 bridgehead atoms. The number of benzene rings is 3. The lowest BCUT2D eigenvalue weighted by molar-refractivity contribution is -0.120. The van der Waals surface area contributed by atoms with E-state index in [4.69, 9.17) is 11.6 Å². The van der Waals surface area contributed by atoms with Gasteiger partial charge in [-0.3, -0.25) is 4.79 Å². The molecule has 0 aromatic heterocycles. The number of nitrogens with one attached hydrogen (secondary N) is 1. The number of phenols is 1. The predicted octanol–water partition coefficient (Wildman–Crippen LogP) is 4.33. The third-order valence-corrected chi connectivity index (χ3v) is 4.41. The highest BCUT2D eigenvalue weighted by atomic mass is 35.5. The fourth-order valence-corrected chi connectivity index (χ4v) is 2.88. The van der Waals surface area contributed by atoms with Gasteiger partial charge >= 0.3 is 0 Å². The average molecular weight is 379 g/mol. The number of hydrogen-bond donors (Lipinski definition) is 2. The number of hydrogen-bond acceptors (Lipinski definition) is 3. The van der Waals surface area contributed by atoms with Gasteiger partial charge in [-0.2, -0.15) is 5.10 Å². The fourth-order valence-electron chi connectivity index (χ4n) is 2.67. The molecule has 3 aromatic rings. The molecule has 0 spiro atoms. The molecule has 0 saturated heterocycles. The Bertz CT molecular complexity index is 956. The van der Waals surface area contributed by atoms with Crippen LogP contribution in [0.4, 0.5) is 0 Å². The van der Waals surface area contributed by atoms with Gasteiger partial charge in [0.05, 0.1) is 12.6 Å². The standard InChI is InChI=1S/C22H19ClN2O2/c23-20-9-5-4-8-18(20)12-17-10-11-21(26)19(13-17)15-24-25-22(27)14-16-6-2-1-3-7-16/h1-11,13,15,26H,12,14H2,(H,25,27)/b24-15-. The van der Waals surface area contributed by atoms with Crippen molar-refractivity contribution in [1.82, 2.24) is 5.43 Å². The van der Waals surface area contributed by atoms with Crippen LogP contribution in [0.2, 0.25) is 5.02 Å². The first-order valence-electron chi connectivity index (χ1n) is 8.53.